The van der Waals surface area contributed by atoms with E-state index in [-0.39, 0.29) is 5.91 Å². The predicted molar refractivity (Wildman–Crippen MR) is 83.7 cm³/mol. The van der Waals surface area contributed by atoms with E-state index in [2.05, 4.69) is 25.1 Å². The van der Waals surface area contributed by atoms with Gasteiger partial charge in [0.25, 0.3) is 5.91 Å². The van der Waals surface area contributed by atoms with Crippen molar-refractivity contribution in [3.63, 3.8) is 0 Å². The fourth-order valence-corrected chi connectivity index (χ4v) is 2.42. The molecule has 6 heteroatoms. The molecule has 1 fully saturated rings. The predicted octanol–water partition coefficient (Wildman–Crippen LogP) is 1.07. The third-order valence-electron chi connectivity index (χ3n) is 3.53. The van der Waals surface area contributed by atoms with Crippen molar-refractivity contribution < 1.29 is 4.79 Å². The minimum Gasteiger partial charge on any atom is -0.351 e. The van der Waals surface area contributed by atoms with Gasteiger partial charge in [-0.05, 0) is 52.9 Å². The Hall–Kier alpha value is -1.69. The monoisotopic (exact) mass is 291 g/mol. The molecule has 1 N–H and O–H groups in total. The quantitative estimate of drug-likeness (QED) is 0.794. The molecule has 0 saturated carbocycles. The second kappa shape index (κ2) is 7.36. The minimum atomic E-state index is -0.111. The van der Waals surface area contributed by atoms with Crippen LogP contribution in [0.5, 0.6) is 0 Å². The zero-order chi connectivity index (χ0) is 15.2. The average Bonchev–Trinajstić information content (AvgIpc) is 2.96. The Labute approximate surface area is 126 Å². The first-order valence-corrected chi connectivity index (χ1v) is 7.60. The molecular formula is C15H25N5O. The minimum absolute atomic E-state index is 0.111. The maximum atomic E-state index is 12.2. The number of rotatable bonds is 6. The number of carbonyl (C=O) groups is 1. The summed E-state index contributed by atoms with van der Waals surface area (Å²) < 4.78 is 0. The van der Waals surface area contributed by atoms with Crippen LogP contribution >= 0.6 is 0 Å². The highest BCUT2D eigenvalue weighted by molar-refractivity contribution is 5.92. The van der Waals surface area contributed by atoms with E-state index >= 15 is 0 Å². The highest BCUT2D eigenvalue weighted by Crippen LogP contribution is 2.16. The van der Waals surface area contributed by atoms with Crippen LogP contribution in [0.4, 0.5) is 5.95 Å². The Morgan fingerprint density at radius 3 is 2.71 bits per heavy atom. The Balaban J connectivity index is 1.96. The molecule has 2 heterocycles. The lowest BCUT2D eigenvalue weighted by Gasteiger charge is -2.16. The van der Waals surface area contributed by atoms with Gasteiger partial charge in [-0.15, -0.1) is 0 Å². The van der Waals surface area contributed by atoms with E-state index in [1.54, 1.807) is 6.07 Å². The summed E-state index contributed by atoms with van der Waals surface area (Å²) in [6.45, 7) is 5.49. The van der Waals surface area contributed by atoms with Crippen molar-refractivity contribution in [3.05, 3.63) is 17.5 Å². The van der Waals surface area contributed by atoms with E-state index in [4.69, 9.17) is 0 Å². The number of aromatic nitrogens is 2. The largest absolute Gasteiger partial charge is 0.351 e. The molecular weight excluding hydrogens is 266 g/mol. The normalized spacial score (nSPS) is 14.8. The molecule has 0 bridgehead atoms. The lowest BCUT2D eigenvalue weighted by atomic mass is 10.3. The van der Waals surface area contributed by atoms with E-state index in [0.717, 1.165) is 31.7 Å². The highest BCUT2D eigenvalue weighted by Gasteiger charge is 2.17. The summed E-state index contributed by atoms with van der Waals surface area (Å²) >= 11 is 0. The van der Waals surface area contributed by atoms with Gasteiger partial charge < -0.3 is 15.1 Å². The van der Waals surface area contributed by atoms with Crippen LogP contribution in [-0.2, 0) is 0 Å². The summed E-state index contributed by atoms with van der Waals surface area (Å²) in [5.41, 5.74) is 1.31. The number of carbonyl (C=O) groups excluding carboxylic acids is 1. The summed E-state index contributed by atoms with van der Waals surface area (Å²) in [5.74, 6) is 0.575. The smallest absolute Gasteiger partial charge is 0.270 e. The molecule has 0 spiro atoms. The molecule has 21 heavy (non-hydrogen) atoms. The maximum absolute atomic E-state index is 12.2. The molecule has 0 unspecified atom stereocenters. The van der Waals surface area contributed by atoms with Gasteiger partial charge in [0.2, 0.25) is 5.95 Å². The summed E-state index contributed by atoms with van der Waals surface area (Å²) in [7, 11) is 4.05. The van der Waals surface area contributed by atoms with Crippen LogP contribution in [-0.4, -0.2) is 61.0 Å². The fourth-order valence-electron chi connectivity index (χ4n) is 2.42. The first-order valence-electron chi connectivity index (χ1n) is 7.60. The molecule has 0 atom stereocenters. The first-order chi connectivity index (χ1) is 10.1. The zero-order valence-electron chi connectivity index (χ0n) is 13.2. The van der Waals surface area contributed by atoms with E-state index in [9.17, 15) is 4.79 Å². The number of nitrogens with zero attached hydrogens (tertiary/aromatic N) is 4. The molecule has 6 nitrogen and oxygen atoms in total. The third kappa shape index (κ3) is 4.67. The van der Waals surface area contributed by atoms with Crippen molar-refractivity contribution >= 4 is 11.9 Å². The second-order valence-corrected chi connectivity index (χ2v) is 5.80. The summed E-state index contributed by atoms with van der Waals surface area (Å²) in [4.78, 5) is 25.3. The number of nitrogens with one attached hydrogen (secondary N) is 1. The van der Waals surface area contributed by atoms with Gasteiger partial charge >= 0.3 is 0 Å². The Morgan fingerprint density at radius 2 is 2.05 bits per heavy atom. The zero-order valence-corrected chi connectivity index (χ0v) is 13.2. The topological polar surface area (TPSA) is 61.4 Å². The van der Waals surface area contributed by atoms with Crippen LogP contribution in [0.3, 0.4) is 0 Å². The van der Waals surface area contributed by atoms with E-state index in [1.165, 1.54) is 12.8 Å². The third-order valence-corrected chi connectivity index (χ3v) is 3.53. The van der Waals surface area contributed by atoms with Gasteiger partial charge in [0.15, 0.2) is 0 Å². The lowest BCUT2D eigenvalue weighted by molar-refractivity contribution is 0.0947. The van der Waals surface area contributed by atoms with Crippen LogP contribution in [0, 0.1) is 6.92 Å². The summed E-state index contributed by atoms with van der Waals surface area (Å²) in [6.07, 6.45) is 3.27. The summed E-state index contributed by atoms with van der Waals surface area (Å²) in [5, 5.41) is 2.92. The maximum Gasteiger partial charge on any atom is 0.270 e. The molecule has 1 amide bonds. The molecule has 0 aliphatic carbocycles. The highest BCUT2D eigenvalue weighted by atomic mass is 16.1. The van der Waals surface area contributed by atoms with Gasteiger partial charge in [0.05, 0.1) is 0 Å². The van der Waals surface area contributed by atoms with Gasteiger partial charge in [0.1, 0.15) is 5.69 Å². The number of hydrogen-bond donors (Lipinski definition) is 1. The molecule has 1 aliphatic heterocycles. The van der Waals surface area contributed by atoms with Crippen LogP contribution in [0.25, 0.3) is 0 Å². The fraction of sp³-hybridized carbons (Fsp3) is 0.667. The molecule has 116 valence electrons. The van der Waals surface area contributed by atoms with Crippen LogP contribution < -0.4 is 10.2 Å². The van der Waals surface area contributed by atoms with Crippen molar-refractivity contribution in [3.8, 4) is 0 Å². The Kier molecular flexibility index (Phi) is 5.50. The Bertz CT molecular complexity index is 483. The van der Waals surface area contributed by atoms with Gasteiger partial charge in [-0.3, -0.25) is 4.79 Å². The molecule has 1 aliphatic rings. The van der Waals surface area contributed by atoms with Gasteiger partial charge in [0, 0.05) is 25.3 Å². The number of amides is 1. The SMILES string of the molecule is Cc1cc(C(=O)NCCCN(C)C)nc(N2CCCC2)n1. The van der Waals surface area contributed by atoms with Crippen molar-refractivity contribution in [1.29, 1.82) is 0 Å². The van der Waals surface area contributed by atoms with Crippen molar-refractivity contribution in [1.82, 2.24) is 20.2 Å². The molecule has 1 saturated heterocycles. The van der Waals surface area contributed by atoms with E-state index in [0.29, 0.717) is 18.2 Å². The molecule has 1 aromatic heterocycles. The van der Waals surface area contributed by atoms with Crippen molar-refractivity contribution in [2.24, 2.45) is 0 Å². The number of aryl methyl sites for hydroxylation is 1. The van der Waals surface area contributed by atoms with Gasteiger partial charge in [-0.2, -0.15) is 0 Å². The van der Waals surface area contributed by atoms with Gasteiger partial charge in [-0.1, -0.05) is 0 Å². The Morgan fingerprint density at radius 1 is 1.33 bits per heavy atom. The molecule has 0 radical (unpaired) electrons. The van der Waals surface area contributed by atoms with Crippen molar-refractivity contribution in [2.45, 2.75) is 26.2 Å². The standard InChI is InChI=1S/C15H25N5O/c1-12-11-13(14(21)16-7-6-8-19(2)3)18-15(17-12)20-9-4-5-10-20/h11H,4-10H2,1-3H3,(H,16,21). The van der Waals surface area contributed by atoms with E-state index < -0.39 is 0 Å². The lowest BCUT2D eigenvalue weighted by Crippen LogP contribution is -2.29. The number of hydrogen-bond acceptors (Lipinski definition) is 5. The van der Waals surface area contributed by atoms with Crippen LogP contribution in [0.1, 0.15) is 35.4 Å². The molecule has 2 rings (SSSR count). The van der Waals surface area contributed by atoms with Crippen LogP contribution in [0.2, 0.25) is 0 Å². The molecule has 1 aromatic rings. The van der Waals surface area contributed by atoms with E-state index in [1.807, 2.05) is 21.0 Å². The van der Waals surface area contributed by atoms with Crippen molar-refractivity contribution in [2.75, 3.05) is 45.2 Å². The first kappa shape index (κ1) is 15.7. The van der Waals surface area contributed by atoms with Gasteiger partial charge in [-0.25, -0.2) is 9.97 Å². The average molecular weight is 291 g/mol. The van der Waals surface area contributed by atoms with Crippen LogP contribution in [0.15, 0.2) is 6.07 Å². The molecule has 0 aromatic carbocycles. The second-order valence-electron chi connectivity index (χ2n) is 5.80. The number of anilines is 1. The summed E-state index contributed by atoms with van der Waals surface area (Å²) in [6, 6.07) is 1.75.